The number of fused-ring (bicyclic) bond motifs is 3. The highest BCUT2D eigenvalue weighted by Gasteiger charge is 2.80. The molecule has 4 aliphatic carbocycles. The van der Waals surface area contributed by atoms with Gasteiger partial charge in [0.25, 0.3) is 0 Å². The van der Waals surface area contributed by atoms with Crippen LogP contribution in [0.4, 0.5) is 0 Å². The molecule has 0 amide bonds. The van der Waals surface area contributed by atoms with Crippen molar-refractivity contribution in [2.45, 2.75) is 95.0 Å². The van der Waals surface area contributed by atoms with Crippen molar-refractivity contribution < 1.29 is 13.9 Å². The molecule has 3 nitrogen and oxygen atoms in total. The SMILES string of the molecule is CC(=O)S[C@H]1CC[C@@]2(C)[C@H](CC[C@@H]3[C@@H]2CC[C@]2(C)[C@@H](c4ccoc4)C[C@H]4O[C@]342)C1. The van der Waals surface area contributed by atoms with Gasteiger partial charge in [-0.3, -0.25) is 4.79 Å². The highest BCUT2D eigenvalue weighted by Crippen LogP contribution is 2.78. The monoisotopic (exact) mass is 414 g/mol. The maximum absolute atomic E-state index is 11.7. The molecular weight excluding hydrogens is 380 g/mol. The first-order valence-electron chi connectivity index (χ1n) is 11.8. The van der Waals surface area contributed by atoms with E-state index in [1.165, 1.54) is 56.9 Å². The number of epoxide rings is 1. The molecular formula is C25H34O3S. The highest BCUT2D eigenvalue weighted by atomic mass is 32.2. The molecule has 0 N–H and O–H groups in total. The quantitative estimate of drug-likeness (QED) is 0.542. The average molecular weight is 415 g/mol. The Labute approximate surface area is 178 Å². The van der Waals surface area contributed by atoms with Crippen molar-refractivity contribution in [2.24, 2.45) is 28.6 Å². The van der Waals surface area contributed by atoms with Gasteiger partial charge in [0.2, 0.25) is 0 Å². The molecule has 4 saturated carbocycles. The molecule has 5 aliphatic rings. The van der Waals surface area contributed by atoms with Gasteiger partial charge in [0.1, 0.15) is 5.60 Å². The molecule has 1 spiro atoms. The Balaban J connectivity index is 1.28. The molecule has 5 fully saturated rings. The van der Waals surface area contributed by atoms with Crippen LogP contribution in [0.1, 0.15) is 83.6 Å². The number of thioether (sulfide) groups is 1. The fourth-order valence-corrected chi connectivity index (χ4v) is 10.0. The third-order valence-corrected chi connectivity index (χ3v) is 11.4. The zero-order chi connectivity index (χ0) is 20.0. The minimum absolute atomic E-state index is 0.122. The predicted molar refractivity (Wildman–Crippen MR) is 115 cm³/mol. The summed E-state index contributed by atoms with van der Waals surface area (Å²) in [6, 6.07) is 2.19. The third-order valence-electron chi connectivity index (χ3n) is 10.3. The second-order valence-electron chi connectivity index (χ2n) is 11.2. The average Bonchev–Trinajstić information content (AvgIpc) is 3.04. The molecule has 0 radical (unpaired) electrons. The molecule has 2 heterocycles. The summed E-state index contributed by atoms with van der Waals surface area (Å²) in [4.78, 5) is 11.7. The van der Waals surface area contributed by atoms with Crippen molar-refractivity contribution in [3.8, 4) is 0 Å². The van der Waals surface area contributed by atoms with Crippen molar-refractivity contribution in [1.82, 2.24) is 0 Å². The predicted octanol–water partition coefficient (Wildman–Crippen LogP) is 6.19. The number of hydrogen-bond acceptors (Lipinski definition) is 4. The van der Waals surface area contributed by atoms with Crippen LogP contribution in [-0.2, 0) is 9.53 Å². The Kier molecular flexibility index (Phi) is 4.03. The zero-order valence-electron chi connectivity index (χ0n) is 18.0. The summed E-state index contributed by atoms with van der Waals surface area (Å²) >= 11 is 1.61. The van der Waals surface area contributed by atoms with Gasteiger partial charge in [0, 0.05) is 17.6 Å². The van der Waals surface area contributed by atoms with Crippen LogP contribution in [0.15, 0.2) is 23.0 Å². The number of rotatable bonds is 2. The number of carbonyl (C=O) groups is 1. The number of ether oxygens (including phenoxy) is 1. The van der Waals surface area contributed by atoms with E-state index in [9.17, 15) is 4.79 Å². The molecule has 0 unspecified atom stereocenters. The summed E-state index contributed by atoms with van der Waals surface area (Å²) in [7, 11) is 0. The van der Waals surface area contributed by atoms with E-state index >= 15 is 0 Å². The molecule has 9 atom stereocenters. The molecule has 29 heavy (non-hydrogen) atoms. The summed E-state index contributed by atoms with van der Waals surface area (Å²) in [5, 5.41) is 0.848. The Morgan fingerprint density at radius 2 is 1.97 bits per heavy atom. The van der Waals surface area contributed by atoms with Gasteiger partial charge in [-0.1, -0.05) is 25.6 Å². The van der Waals surface area contributed by atoms with E-state index in [2.05, 4.69) is 19.9 Å². The zero-order valence-corrected chi connectivity index (χ0v) is 18.8. The van der Waals surface area contributed by atoms with Crippen LogP contribution < -0.4 is 0 Å². The molecule has 1 saturated heterocycles. The maximum atomic E-state index is 11.7. The molecule has 158 valence electrons. The molecule has 0 bridgehead atoms. The molecule has 1 aliphatic heterocycles. The highest BCUT2D eigenvalue weighted by molar-refractivity contribution is 8.14. The van der Waals surface area contributed by atoms with Crippen molar-refractivity contribution >= 4 is 16.9 Å². The van der Waals surface area contributed by atoms with Crippen LogP contribution in [0.5, 0.6) is 0 Å². The van der Waals surface area contributed by atoms with Crippen molar-refractivity contribution in [3.05, 3.63) is 24.2 Å². The van der Waals surface area contributed by atoms with Gasteiger partial charge in [-0.05, 0) is 92.1 Å². The van der Waals surface area contributed by atoms with Crippen LogP contribution in [0, 0.1) is 28.6 Å². The topological polar surface area (TPSA) is 42.7 Å². The van der Waals surface area contributed by atoms with E-state index in [1.54, 1.807) is 18.7 Å². The minimum atomic E-state index is 0.122. The van der Waals surface area contributed by atoms with Crippen LogP contribution in [-0.4, -0.2) is 22.1 Å². The Morgan fingerprint density at radius 1 is 1.10 bits per heavy atom. The number of furan rings is 1. The van der Waals surface area contributed by atoms with Gasteiger partial charge in [0.15, 0.2) is 5.12 Å². The van der Waals surface area contributed by atoms with E-state index in [1.807, 2.05) is 12.5 Å². The fourth-order valence-electron chi connectivity index (χ4n) is 8.97. The second kappa shape index (κ2) is 6.16. The number of carbonyl (C=O) groups excluding carboxylic acids is 1. The lowest BCUT2D eigenvalue weighted by molar-refractivity contribution is -0.126. The lowest BCUT2D eigenvalue weighted by atomic mass is 9.44. The van der Waals surface area contributed by atoms with Gasteiger partial charge in [-0.2, -0.15) is 0 Å². The van der Waals surface area contributed by atoms with E-state index in [0.717, 1.165) is 17.8 Å². The van der Waals surface area contributed by atoms with E-state index < -0.39 is 0 Å². The Morgan fingerprint density at radius 3 is 2.72 bits per heavy atom. The van der Waals surface area contributed by atoms with Crippen LogP contribution in [0.3, 0.4) is 0 Å². The van der Waals surface area contributed by atoms with E-state index in [4.69, 9.17) is 9.15 Å². The third kappa shape index (κ3) is 2.39. The molecule has 4 heteroatoms. The van der Waals surface area contributed by atoms with Crippen LogP contribution in [0.25, 0.3) is 0 Å². The summed E-state index contributed by atoms with van der Waals surface area (Å²) in [5.41, 5.74) is 2.21. The first kappa shape index (κ1) is 19.0. The Bertz CT molecular complexity index is 820. The normalized spacial score (nSPS) is 52.8. The van der Waals surface area contributed by atoms with Crippen molar-refractivity contribution in [3.63, 3.8) is 0 Å². The van der Waals surface area contributed by atoms with E-state index in [0.29, 0.717) is 27.8 Å². The summed E-state index contributed by atoms with van der Waals surface area (Å²) in [5.74, 6) is 2.90. The summed E-state index contributed by atoms with van der Waals surface area (Å²) in [6.45, 7) is 6.86. The second-order valence-corrected chi connectivity index (χ2v) is 12.7. The van der Waals surface area contributed by atoms with Gasteiger partial charge < -0.3 is 9.15 Å². The lowest BCUT2D eigenvalue weighted by Gasteiger charge is -2.61. The molecule has 1 aromatic rings. The number of hydrogen-bond donors (Lipinski definition) is 0. The van der Waals surface area contributed by atoms with Gasteiger partial charge >= 0.3 is 0 Å². The largest absolute Gasteiger partial charge is 0.472 e. The first-order valence-corrected chi connectivity index (χ1v) is 12.6. The summed E-state index contributed by atoms with van der Waals surface area (Å²) < 4.78 is 12.1. The van der Waals surface area contributed by atoms with Crippen LogP contribution >= 0.6 is 11.8 Å². The van der Waals surface area contributed by atoms with Gasteiger partial charge in [-0.15, -0.1) is 0 Å². The Hall–Kier alpha value is -0.740. The molecule has 6 rings (SSSR count). The van der Waals surface area contributed by atoms with Crippen molar-refractivity contribution in [2.75, 3.05) is 0 Å². The lowest BCUT2D eigenvalue weighted by Crippen LogP contribution is -2.58. The first-order chi connectivity index (χ1) is 13.9. The van der Waals surface area contributed by atoms with Crippen LogP contribution in [0.2, 0.25) is 0 Å². The minimum Gasteiger partial charge on any atom is -0.472 e. The van der Waals surface area contributed by atoms with Gasteiger partial charge in [-0.25, -0.2) is 0 Å². The maximum Gasteiger partial charge on any atom is 0.186 e. The van der Waals surface area contributed by atoms with E-state index in [-0.39, 0.29) is 11.0 Å². The fraction of sp³-hybridized carbons (Fsp3) is 0.800. The molecule has 1 aromatic heterocycles. The smallest absolute Gasteiger partial charge is 0.186 e. The van der Waals surface area contributed by atoms with Crippen molar-refractivity contribution in [1.29, 1.82) is 0 Å². The van der Waals surface area contributed by atoms with Gasteiger partial charge in [0.05, 0.1) is 18.6 Å². The molecule has 0 aromatic carbocycles. The summed E-state index contributed by atoms with van der Waals surface area (Å²) in [6.07, 6.45) is 14.5. The standard InChI is InChI=1S/C25H34O3S/c1-15(26)29-18-6-9-23(2)17(12-18)4-5-20-19(23)7-10-24(3)21(16-8-11-27-14-16)13-22-25(20,24)28-22/h8,11,14,17-22H,4-7,9-10,12-13H2,1-3H3/t17-,18+,19+,20-,21-,22-,23+,24-,25-/m1/s1.